The van der Waals surface area contributed by atoms with Crippen LogP contribution in [0.15, 0.2) is 61.3 Å². The molecule has 0 aliphatic carbocycles. The highest BCUT2D eigenvalue weighted by Gasteiger charge is 2.30. The first-order valence-corrected chi connectivity index (χ1v) is 7.49. The summed E-state index contributed by atoms with van der Waals surface area (Å²) in [6.07, 6.45) is 1.95. The minimum absolute atomic E-state index is 0.0396. The van der Waals surface area contributed by atoms with Crippen LogP contribution in [-0.4, -0.2) is 21.3 Å². The van der Waals surface area contributed by atoms with Crippen LogP contribution in [0.2, 0.25) is 0 Å². The fourth-order valence-electron chi connectivity index (χ4n) is 2.39. The average molecular weight is 345 g/mol. The number of alkyl halides is 3. The maximum atomic E-state index is 12.2. The standard InChI is InChI=1S/C18H14F3N3O/c1-12(15-8-22-11-23-9-15)17-7-4-14(10-24-17)13-2-5-16(6-3-13)25-18(19,20)21/h2-12H,1H3. The highest BCUT2D eigenvalue weighted by Crippen LogP contribution is 2.27. The zero-order valence-electron chi connectivity index (χ0n) is 13.2. The van der Waals surface area contributed by atoms with E-state index in [0.717, 1.165) is 22.4 Å². The van der Waals surface area contributed by atoms with Crippen molar-refractivity contribution in [2.45, 2.75) is 19.2 Å². The summed E-state index contributed by atoms with van der Waals surface area (Å²) in [6.45, 7) is 2.00. The lowest BCUT2D eigenvalue weighted by atomic mass is 9.99. The number of ether oxygens (including phenoxy) is 1. The first-order valence-electron chi connectivity index (χ1n) is 7.49. The van der Waals surface area contributed by atoms with Crippen LogP contribution in [0.25, 0.3) is 11.1 Å². The molecule has 4 nitrogen and oxygen atoms in total. The van der Waals surface area contributed by atoms with Crippen LogP contribution in [0.5, 0.6) is 5.75 Å². The normalized spacial score (nSPS) is 12.6. The molecule has 0 N–H and O–H groups in total. The molecule has 0 fully saturated rings. The summed E-state index contributed by atoms with van der Waals surface area (Å²) in [4.78, 5) is 12.4. The second kappa shape index (κ2) is 6.88. The molecule has 3 aromatic rings. The molecule has 1 unspecified atom stereocenters. The van der Waals surface area contributed by atoms with Gasteiger partial charge in [-0.05, 0) is 29.3 Å². The maximum Gasteiger partial charge on any atom is 0.573 e. The minimum atomic E-state index is -4.69. The van der Waals surface area contributed by atoms with Crippen LogP contribution in [0.4, 0.5) is 13.2 Å². The average Bonchev–Trinajstić information content (AvgIpc) is 2.61. The molecule has 1 atom stereocenters. The van der Waals surface area contributed by atoms with Gasteiger partial charge in [0.05, 0.1) is 0 Å². The lowest BCUT2D eigenvalue weighted by molar-refractivity contribution is -0.274. The molecule has 0 saturated heterocycles. The van der Waals surface area contributed by atoms with E-state index in [1.165, 1.54) is 18.5 Å². The van der Waals surface area contributed by atoms with Gasteiger partial charge in [0.25, 0.3) is 0 Å². The Morgan fingerprint density at radius 2 is 1.52 bits per heavy atom. The number of rotatable bonds is 4. The SMILES string of the molecule is CC(c1cncnc1)c1ccc(-c2ccc(OC(F)(F)F)cc2)cn1. The summed E-state index contributed by atoms with van der Waals surface area (Å²) < 4.78 is 40.4. The molecule has 0 radical (unpaired) electrons. The Hall–Kier alpha value is -2.96. The molecule has 0 aliphatic heterocycles. The van der Waals surface area contributed by atoms with Gasteiger partial charge in [-0.25, -0.2) is 9.97 Å². The number of aromatic nitrogens is 3. The summed E-state index contributed by atoms with van der Waals surface area (Å²) in [5.74, 6) is -0.212. The molecule has 0 amide bonds. The minimum Gasteiger partial charge on any atom is -0.406 e. The summed E-state index contributed by atoms with van der Waals surface area (Å²) in [6, 6.07) is 9.44. The van der Waals surface area contributed by atoms with Crippen LogP contribution in [0.3, 0.4) is 0 Å². The van der Waals surface area contributed by atoms with Gasteiger partial charge < -0.3 is 4.74 Å². The molecule has 0 bridgehead atoms. The van der Waals surface area contributed by atoms with E-state index in [-0.39, 0.29) is 11.7 Å². The lowest BCUT2D eigenvalue weighted by Gasteiger charge is -2.12. The van der Waals surface area contributed by atoms with Gasteiger partial charge in [-0.15, -0.1) is 13.2 Å². The van der Waals surface area contributed by atoms with Crippen molar-refractivity contribution in [1.29, 1.82) is 0 Å². The number of hydrogen-bond acceptors (Lipinski definition) is 4. The molecular weight excluding hydrogens is 331 g/mol. The van der Waals surface area contributed by atoms with Crippen LogP contribution < -0.4 is 4.74 Å². The quantitative estimate of drug-likeness (QED) is 0.694. The Kier molecular flexibility index (Phi) is 4.65. The fourth-order valence-corrected chi connectivity index (χ4v) is 2.39. The molecule has 2 heterocycles. The van der Waals surface area contributed by atoms with E-state index >= 15 is 0 Å². The largest absolute Gasteiger partial charge is 0.573 e. The molecule has 128 valence electrons. The third-order valence-corrected chi connectivity index (χ3v) is 3.73. The third kappa shape index (κ3) is 4.32. The molecule has 7 heteroatoms. The van der Waals surface area contributed by atoms with Gasteiger partial charge in [-0.3, -0.25) is 4.98 Å². The van der Waals surface area contributed by atoms with Crippen molar-refractivity contribution in [1.82, 2.24) is 15.0 Å². The van der Waals surface area contributed by atoms with Gasteiger partial charge in [-0.1, -0.05) is 25.1 Å². The van der Waals surface area contributed by atoms with Crippen molar-refractivity contribution < 1.29 is 17.9 Å². The van der Waals surface area contributed by atoms with E-state index in [9.17, 15) is 13.2 Å². The third-order valence-electron chi connectivity index (χ3n) is 3.73. The Bertz CT molecular complexity index is 819. The lowest BCUT2D eigenvalue weighted by Crippen LogP contribution is -2.16. The second-order valence-electron chi connectivity index (χ2n) is 5.44. The Morgan fingerprint density at radius 3 is 2.08 bits per heavy atom. The van der Waals surface area contributed by atoms with E-state index < -0.39 is 6.36 Å². The Morgan fingerprint density at radius 1 is 0.880 bits per heavy atom. The van der Waals surface area contributed by atoms with Crippen molar-refractivity contribution in [3.63, 3.8) is 0 Å². The number of nitrogens with zero attached hydrogens (tertiary/aromatic N) is 3. The van der Waals surface area contributed by atoms with Gasteiger partial charge in [-0.2, -0.15) is 0 Å². The van der Waals surface area contributed by atoms with Crippen LogP contribution in [0.1, 0.15) is 24.1 Å². The zero-order valence-corrected chi connectivity index (χ0v) is 13.2. The topological polar surface area (TPSA) is 47.9 Å². The molecular formula is C18H14F3N3O. The number of pyridine rings is 1. The number of benzene rings is 1. The first-order chi connectivity index (χ1) is 11.9. The van der Waals surface area contributed by atoms with Gasteiger partial charge in [0.1, 0.15) is 12.1 Å². The second-order valence-corrected chi connectivity index (χ2v) is 5.44. The molecule has 0 saturated carbocycles. The molecule has 3 rings (SSSR count). The van der Waals surface area contributed by atoms with Crippen LogP contribution in [0, 0.1) is 0 Å². The predicted octanol–water partition coefficient (Wildman–Crippen LogP) is 4.59. The summed E-state index contributed by atoms with van der Waals surface area (Å²) >= 11 is 0. The molecule has 1 aromatic carbocycles. The highest BCUT2D eigenvalue weighted by atomic mass is 19.4. The number of halogens is 3. The van der Waals surface area contributed by atoms with E-state index in [0.29, 0.717) is 0 Å². The summed E-state index contributed by atoms with van der Waals surface area (Å²) in [5, 5.41) is 0. The van der Waals surface area contributed by atoms with Gasteiger partial charge in [0.15, 0.2) is 0 Å². The van der Waals surface area contributed by atoms with Crippen molar-refractivity contribution in [2.24, 2.45) is 0 Å². The Labute approximate surface area is 142 Å². The molecule has 25 heavy (non-hydrogen) atoms. The molecule has 0 spiro atoms. The highest BCUT2D eigenvalue weighted by molar-refractivity contribution is 5.63. The van der Waals surface area contributed by atoms with E-state index in [1.807, 2.05) is 19.1 Å². The van der Waals surface area contributed by atoms with Crippen molar-refractivity contribution in [3.05, 3.63) is 72.6 Å². The Balaban J connectivity index is 1.76. The predicted molar refractivity (Wildman–Crippen MR) is 85.9 cm³/mol. The van der Waals surface area contributed by atoms with Crippen LogP contribution >= 0.6 is 0 Å². The maximum absolute atomic E-state index is 12.2. The van der Waals surface area contributed by atoms with Crippen molar-refractivity contribution in [3.8, 4) is 16.9 Å². The molecule has 2 aromatic heterocycles. The van der Waals surface area contributed by atoms with Crippen molar-refractivity contribution in [2.75, 3.05) is 0 Å². The monoisotopic (exact) mass is 345 g/mol. The van der Waals surface area contributed by atoms with Gasteiger partial charge in [0.2, 0.25) is 0 Å². The van der Waals surface area contributed by atoms with E-state index in [1.54, 1.807) is 30.7 Å². The zero-order chi connectivity index (χ0) is 17.9. The molecule has 0 aliphatic rings. The van der Waals surface area contributed by atoms with E-state index in [4.69, 9.17) is 0 Å². The van der Waals surface area contributed by atoms with E-state index in [2.05, 4.69) is 19.7 Å². The smallest absolute Gasteiger partial charge is 0.406 e. The van der Waals surface area contributed by atoms with Gasteiger partial charge in [0, 0.05) is 35.8 Å². The first kappa shape index (κ1) is 16.9. The number of hydrogen-bond donors (Lipinski definition) is 0. The van der Waals surface area contributed by atoms with Gasteiger partial charge >= 0.3 is 6.36 Å². The van der Waals surface area contributed by atoms with Crippen molar-refractivity contribution >= 4 is 0 Å². The summed E-state index contributed by atoms with van der Waals surface area (Å²) in [5.41, 5.74) is 3.37. The van der Waals surface area contributed by atoms with Crippen LogP contribution in [-0.2, 0) is 0 Å². The summed E-state index contributed by atoms with van der Waals surface area (Å²) in [7, 11) is 0. The fraction of sp³-hybridized carbons (Fsp3) is 0.167.